The molecule has 6 atom stereocenters. The molecule has 4 aliphatic rings. The molecule has 4 aliphatic carbocycles. The van der Waals surface area contributed by atoms with E-state index in [0.717, 1.165) is 32.1 Å². The molecule has 0 unspecified atom stereocenters. The van der Waals surface area contributed by atoms with E-state index in [4.69, 9.17) is 5.26 Å². The molecular weight excluding hydrogens is 332 g/mol. The standard InChI is InChI=1S/C21H26O5/c1-20-9-7-13(22)11-12(20)3-4-14-15-5-6-17(18(23)19(24)26-25)21(15,2)10-8-16(14)20/h7,9,11,14-17,25H,3-6,8,10H2,1-2H3/t14-,15-,16-,17+,20-,21-/m0/s1. The van der Waals surface area contributed by atoms with Crippen molar-refractivity contribution in [3.63, 3.8) is 0 Å². The highest BCUT2D eigenvalue weighted by Crippen LogP contribution is 2.66. The summed E-state index contributed by atoms with van der Waals surface area (Å²) in [5.74, 6) is -0.617. The molecule has 0 bridgehead atoms. The van der Waals surface area contributed by atoms with Gasteiger partial charge in [0.05, 0.1) is 0 Å². The zero-order valence-corrected chi connectivity index (χ0v) is 15.4. The number of hydrogen-bond donors (Lipinski definition) is 1. The van der Waals surface area contributed by atoms with E-state index in [1.807, 2.05) is 6.08 Å². The van der Waals surface area contributed by atoms with E-state index in [2.05, 4.69) is 24.8 Å². The first kappa shape index (κ1) is 17.7. The Morgan fingerprint density at radius 3 is 2.65 bits per heavy atom. The Bertz CT molecular complexity index is 735. The van der Waals surface area contributed by atoms with Gasteiger partial charge in [-0.05, 0) is 73.8 Å². The summed E-state index contributed by atoms with van der Waals surface area (Å²) in [5, 5.41) is 8.61. The molecule has 0 heterocycles. The Hall–Kier alpha value is -1.75. The maximum atomic E-state index is 12.4. The van der Waals surface area contributed by atoms with Crippen molar-refractivity contribution in [3.8, 4) is 0 Å². The summed E-state index contributed by atoms with van der Waals surface area (Å²) in [5.41, 5.74) is 0.979. The normalized spacial score (nSPS) is 43.8. The molecule has 5 nitrogen and oxygen atoms in total. The van der Waals surface area contributed by atoms with Crippen LogP contribution in [0.5, 0.6) is 0 Å². The molecule has 0 saturated heterocycles. The first-order valence-electron chi connectivity index (χ1n) is 9.65. The lowest BCUT2D eigenvalue weighted by Gasteiger charge is -2.56. The van der Waals surface area contributed by atoms with Gasteiger partial charge in [-0.2, -0.15) is 5.26 Å². The number of carbonyl (C=O) groups is 3. The van der Waals surface area contributed by atoms with Crippen LogP contribution < -0.4 is 0 Å². The summed E-state index contributed by atoms with van der Waals surface area (Å²) in [6.07, 6.45) is 11.1. The number of ketones is 2. The summed E-state index contributed by atoms with van der Waals surface area (Å²) in [6.45, 7) is 4.39. The fourth-order valence-electron chi connectivity index (χ4n) is 6.82. The Balaban J connectivity index is 1.63. The number of carbonyl (C=O) groups excluding carboxylic acids is 3. The van der Waals surface area contributed by atoms with Crippen molar-refractivity contribution in [2.45, 2.75) is 52.4 Å². The van der Waals surface area contributed by atoms with Crippen LogP contribution in [0.4, 0.5) is 0 Å². The number of hydrogen-bond acceptors (Lipinski definition) is 5. The molecule has 26 heavy (non-hydrogen) atoms. The minimum absolute atomic E-state index is 0.0652. The molecule has 1 N–H and O–H groups in total. The third kappa shape index (κ3) is 2.29. The van der Waals surface area contributed by atoms with Gasteiger partial charge in [-0.3, -0.25) is 14.5 Å². The zero-order chi connectivity index (χ0) is 18.7. The zero-order valence-electron chi connectivity index (χ0n) is 15.4. The first-order chi connectivity index (χ1) is 12.3. The number of Topliss-reactive ketones (excluding diaryl/α,β-unsaturated/α-hetero) is 1. The molecule has 3 saturated carbocycles. The fourth-order valence-corrected chi connectivity index (χ4v) is 6.82. The summed E-state index contributed by atoms with van der Waals surface area (Å²) in [6, 6.07) is 0. The Morgan fingerprint density at radius 1 is 1.15 bits per heavy atom. The average Bonchev–Trinajstić information content (AvgIpc) is 2.98. The second-order valence-corrected chi connectivity index (χ2v) is 9.02. The third-order valence-electron chi connectivity index (χ3n) is 8.16. The van der Waals surface area contributed by atoms with E-state index < -0.39 is 11.8 Å². The van der Waals surface area contributed by atoms with Gasteiger partial charge in [0.15, 0.2) is 5.78 Å². The van der Waals surface area contributed by atoms with Crippen molar-refractivity contribution < 1.29 is 24.5 Å². The molecule has 3 fully saturated rings. The van der Waals surface area contributed by atoms with E-state index >= 15 is 0 Å². The van der Waals surface area contributed by atoms with Crippen LogP contribution in [0.15, 0.2) is 23.8 Å². The lowest BCUT2D eigenvalue weighted by atomic mass is 9.47. The average molecular weight is 358 g/mol. The molecule has 0 aliphatic heterocycles. The van der Waals surface area contributed by atoms with Crippen LogP contribution in [0, 0.1) is 34.5 Å². The quantitative estimate of drug-likeness (QED) is 0.464. The molecule has 4 rings (SSSR count). The largest absolute Gasteiger partial charge is 0.408 e. The monoisotopic (exact) mass is 358 g/mol. The fraction of sp³-hybridized carbons (Fsp3) is 0.667. The van der Waals surface area contributed by atoms with Crippen molar-refractivity contribution in [1.29, 1.82) is 0 Å². The van der Waals surface area contributed by atoms with Crippen LogP contribution in [0.25, 0.3) is 0 Å². The summed E-state index contributed by atoms with van der Waals surface area (Å²) < 4.78 is 0. The molecule has 0 amide bonds. The van der Waals surface area contributed by atoms with Crippen LogP contribution in [0.2, 0.25) is 0 Å². The number of allylic oxidation sites excluding steroid dienone is 4. The SMILES string of the molecule is C[C@]12CC[C@H]3[C@@H](CCC4=CC(=O)C=C[C@@]43C)[C@@H]1CC[C@@H]2C(=O)C(=O)OO. The Morgan fingerprint density at radius 2 is 1.92 bits per heavy atom. The molecule has 0 radical (unpaired) electrons. The molecule has 5 heteroatoms. The molecular formula is C21H26O5. The second kappa shape index (κ2) is 5.88. The molecule has 0 aromatic rings. The van der Waals surface area contributed by atoms with Crippen molar-refractivity contribution in [3.05, 3.63) is 23.8 Å². The Labute approximate surface area is 153 Å². The summed E-state index contributed by atoms with van der Waals surface area (Å²) in [4.78, 5) is 39.5. The third-order valence-corrected chi connectivity index (χ3v) is 8.16. The van der Waals surface area contributed by atoms with E-state index in [9.17, 15) is 14.4 Å². The minimum atomic E-state index is -1.13. The molecule has 140 valence electrons. The molecule has 0 aromatic carbocycles. The highest BCUT2D eigenvalue weighted by atomic mass is 17.1. The van der Waals surface area contributed by atoms with Gasteiger partial charge in [0, 0.05) is 11.3 Å². The van der Waals surface area contributed by atoms with Gasteiger partial charge >= 0.3 is 5.97 Å². The predicted octanol–water partition coefficient (Wildman–Crippen LogP) is 3.50. The lowest BCUT2D eigenvalue weighted by Crippen LogP contribution is -2.50. The van der Waals surface area contributed by atoms with Crippen LogP contribution in [-0.4, -0.2) is 22.8 Å². The lowest BCUT2D eigenvalue weighted by molar-refractivity contribution is -0.233. The second-order valence-electron chi connectivity index (χ2n) is 9.02. The predicted molar refractivity (Wildman–Crippen MR) is 93.8 cm³/mol. The Kier molecular flexibility index (Phi) is 3.99. The van der Waals surface area contributed by atoms with Crippen LogP contribution >= 0.6 is 0 Å². The van der Waals surface area contributed by atoms with Crippen LogP contribution in [0.3, 0.4) is 0 Å². The van der Waals surface area contributed by atoms with Gasteiger partial charge in [0.25, 0.3) is 0 Å². The minimum Gasteiger partial charge on any atom is -0.292 e. The van der Waals surface area contributed by atoms with Gasteiger partial charge in [-0.1, -0.05) is 25.5 Å². The van der Waals surface area contributed by atoms with Gasteiger partial charge in [-0.25, -0.2) is 4.79 Å². The summed E-state index contributed by atoms with van der Waals surface area (Å²) >= 11 is 0. The van der Waals surface area contributed by atoms with Gasteiger partial charge in [0.1, 0.15) is 0 Å². The van der Waals surface area contributed by atoms with Gasteiger partial charge < -0.3 is 0 Å². The molecule has 0 aromatic heterocycles. The molecule has 0 spiro atoms. The van der Waals surface area contributed by atoms with Crippen molar-refractivity contribution in [1.82, 2.24) is 0 Å². The van der Waals surface area contributed by atoms with E-state index in [1.165, 1.54) is 5.57 Å². The van der Waals surface area contributed by atoms with Crippen molar-refractivity contribution in [2.24, 2.45) is 34.5 Å². The van der Waals surface area contributed by atoms with E-state index in [-0.39, 0.29) is 22.5 Å². The van der Waals surface area contributed by atoms with E-state index in [1.54, 1.807) is 6.08 Å². The van der Waals surface area contributed by atoms with Crippen molar-refractivity contribution >= 4 is 17.5 Å². The van der Waals surface area contributed by atoms with E-state index in [0.29, 0.717) is 24.2 Å². The first-order valence-corrected chi connectivity index (χ1v) is 9.65. The maximum Gasteiger partial charge on any atom is 0.408 e. The topological polar surface area (TPSA) is 80.7 Å². The van der Waals surface area contributed by atoms with Gasteiger partial charge in [-0.15, -0.1) is 0 Å². The van der Waals surface area contributed by atoms with Crippen LogP contribution in [0.1, 0.15) is 52.4 Å². The van der Waals surface area contributed by atoms with Crippen LogP contribution in [-0.2, 0) is 19.3 Å². The van der Waals surface area contributed by atoms with Crippen molar-refractivity contribution in [2.75, 3.05) is 0 Å². The van der Waals surface area contributed by atoms with Gasteiger partial charge in [0.2, 0.25) is 5.78 Å². The summed E-state index contributed by atoms with van der Waals surface area (Å²) in [7, 11) is 0. The highest BCUT2D eigenvalue weighted by molar-refractivity contribution is 6.34. The number of rotatable bonds is 2. The highest BCUT2D eigenvalue weighted by Gasteiger charge is 2.60. The maximum absolute atomic E-state index is 12.4. The smallest absolute Gasteiger partial charge is 0.292 e. The number of fused-ring (bicyclic) bond motifs is 5.